The molecule has 1 aromatic heterocycles. The minimum Gasteiger partial charge on any atom is -0.195 e. The fraction of sp³-hybridized carbons (Fsp3) is 0.636. The van der Waals surface area contributed by atoms with Crippen LogP contribution in [0.15, 0.2) is 17.5 Å². The van der Waals surface area contributed by atoms with Gasteiger partial charge in [-0.1, -0.05) is 19.9 Å². The Labute approximate surface area is 108 Å². The van der Waals surface area contributed by atoms with Gasteiger partial charge in [-0.2, -0.15) is 17.0 Å². The molecule has 0 radical (unpaired) electrons. The second-order valence-electron chi connectivity index (χ2n) is 3.80. The van der Waals surface area contributed by atoms with Gasteiger partial charge >= 0.3 is 0 Å². The quantitative estimate of drug-likeness (QED) is 0.800. The Morgan fingerprint density at radius 1 is 1.35 bits per heavy atom. The molecule has 1 atom stereocenters. The highest BCUT2D eigenvalue weighted by Gasteiger charge is 2.29. The zero-order valence-electron chi connectivity index (χ0n) is 10.8. The molecule has 0 aliphatic heterocycles. The first-order chi connectivity index (χ1) is 7.95. The molecule has 1 aromatic rings. The van der Waals surface area contributed by atoms with Crippen LogP contribution in [0.25, 0.3) is 0 Å². The summed E-state index contributed by atoms with van der Waals surface area (Å²) in [5.74, 6) is 0. The molecule has 1 rings (SSSR count). The van der Waals surface area contributed by atoms with E-state index in [1.165, 1.54) is 8.61 Å². The van der Waals surface area contributed by atoms with Crippen molar-refractivity contribution in [3.63, 3.8) is 0 Å². The van der Waals surface area contributed by atoms with Gasteiger partial charge in [-0.15, -0.1) is 11.3 Å². The average molecular weight is 276 g/mol. The first-order valence-electron chi connectivity index (χ1n) is 5.71. The van der Waals surface area contributed by atoms with Gasteiger partial charge < -0.3 is 0 Å². The van der Waals surface area contributed by atoms with Crippen LogP contribution < -0.4 is 0 Å². The van der Waals surface area contributed by atoms with Crippen molar-refractivity contribution >= 4 is 21.5 Å². The van der Waals surface area contributed by atoms with Crippen molar-refractivity contribution in [1.82, 2.24) is 8.61 Å². The van der Waals surface area contributed by atoms with Crippen molar-refractivity contribution in [2.45, 2.75) is 26.8 Å². The van der Waals surface area contributed by atoms with Gasteiger partial charge in [0.2, 0.25) is 0 Å². The number of thiophene rings is 1. The van der Waals surface area contributed by atoms with E-state index < -0.39 is 10.2 Å². The molecule has 1 heterocycles. The van der Waals surface area contributed by atoms with Crippen LogP contribution in [0.4, 0.5) is 0 Å². The van der Waals surface area contributed by atoms with Gasteiger partial charge in [0, 0.05) is 25.0 Å². The summed E-state index contributed by atoms with van der Waals surface area (Å²) in [7, 11) is -1.72. The highest BCUT2D eigenvalue weighted by Crippen LogP contribution is 2.26. The van der Waals surface area contributed by atoms with E-state index in [1.807, 2.05) is 38.3 Å². The molecule has 0 spiro atoms. The molecule has 0 fully saturated rings. The van der Waals surface area contributed by atoms with Gasteiger partial charge in [-0.25, -0.2) is 0 Å². The Morgan fingerprint density at radius 2 is 1.94 bits per heavy atom. The third kappa shape index (κ3) is 3.07. The summed E-state index contributed by atoms with van der Waals surface area (Å²) < 4.78 is 27.5. The van der Waals surface area contributed by atoms with Gasteiger partial charge in [0.05, 0.1) is 6.04 Å². The van der Waals surface area contributed by atoms with Crippen LogP contribution in [0, 0.1) is 0 Å². The van der Waals surface area contributed by atoms with Crippen molar-refractivity contribution in [3.05, 3.63) is 22.4 Å². The molecule has 0 amide bonds. The fourth-order valence-electron chi connectivity index (χ4n) is 1.64. The molecule has 0 aliphatic rings. The summed E-state index contributed by atoms with van der Waals surface area (Å²) in [4.78, 5) is 1.06. The molecule has 6 heteroatoms. The van der Waals surface area contributed by atoms with Crippen LogP contribution in [-0.2, 0) is 10.2 Å². The topological polar surface area (TPSA) is 40.6 Å². The molecular weight excluding hydrogens is 256 g/mol. The second kappa shape index (κ2) is 5.95. The lowest BCUT2D eigenvalue weighted by Gasteiger charge is -2.29. The molecular formula is C11H20N2O2S2. The SMILES string of the molecule is CCN(CC)S(=O)(=O)N(C)[C@@H](C)c1cccs1. The number of hydrogen-bond acceptors (Lipinski definition) is 3. The van der Waals surface area contributed by atoms with Gasteiger partial charge in [-0.3, -0.25) is 0 Å². The third-order valence-electron chi connectivity index (χ3n) is 2.90. The van der Waals surface area contributed by atoms with Crippen LogP contribution in [0.2, 0.25) is 0 Å². The van der Waals surface area contributed by atoms with Crippen LogP contribution in [0.5, 0.6) is 0 Å². The van der Waals surface area contributed by atoms with Crippen molar-refractivity contribution in [2.75, 3.05) is 20.1 Å². The molecule has 4 nitrogen and oxygen atoms in total. The predicted octanol–water partition coefficient (Wildman–Crippen LogP) is 2.33. The highest BCUT2D eigenvalue weighted by atomic mass is 32.2. The predicted molar refractivity (Wildman–Crippen MR) is 72.3 cm³/mol. The van der Waals surface area contributed by atoms with E-state index in [1.54, 1.807) is 18.4 Å². The largest absolute Gasteiger partial charge is 0.282 e. The highest BCUT2D eigenvalue weighted by molar-refractivity contribution is 7.86. The van der Waals surface area contributed by atoms with Crippen LogP contribution >= 0.6 is 11.3 Å². The Bertz CT molecular complexity index is 424. The normalized spacial score (nSPS) is 14.5. The Balaban J connectivity index is 2.92. The molecule has 17 heavy (non-hydrogen) atoms. The van der Waals surface area contributed by atoms with Gasteiger partial charge in [-0.05, 0) is 18.4 Å². The molecule has 0 saturated heterocycles. The Kier molecular flexibility index (Phi) is 5.12. The van der Waals surface area contributed by atoms with Crippen molar-refractivity contribution in [1.29, 1.82) is 0 Å². The molecule has 0 aliphatic carbocycles. The third-order valence-corrected chi connectivity index (χ3v) is 6.15. The standard InChI is InChI=1S/C11H20N2O2S2/c1-5-13(6-2)17(14,15)12(4)10(3)11-8-7-9-16-11/h7-10H,5-6H2,1-4H3/t10-/m0/s1. The summed E-state index contributed by atoms with van der Waals surface area (Å²) in [5, 5.41) is 1.96. The van der Waals surface area contributed by atoms with Gasteiger partial charge in [0.1, 0.15) is 0 Å². The molecule has 0 bridgehead atoms. The van der Waals surface area contributed by atoms with Crippen molar-refractivity contribution in [2.24, 2.45) is 0 Å². The van der Waals surface area contributed by atoms with E-state index in [-0.39, 0.29) is 6.04 Å². The maximum absolute atomic E-state index is 12.3. The van der Waals surface area contributed by atoms with E-state index in [9.17, 15) is 8.42 Å². The minimum absolute atomic E-state index is 0.124. The summed E-state index contributed by atoms with van der Waals surface area (Å²) in [5.41, 5.74) is 0. The molecule has 0 aromatic carbocycles. The molecule has 98 valence electrons. The number of rotatable bonds is 6. The van der Waals surface area contributed by atoms with Gasteiger partial charge in [0.15, 0.2) is 0 Å². The minimum atomic E-state index is -3.35. The second-order valence-corrected chi connectivity index (χ2v) is 6.77. The zero-order valence-corrected chi connectivity index (χ0v) is 12.4. The van der Waals surface area contributed by atoms with Crippen LogP contribution in [-0.4, -0.2) is 37.2 Å². The summed E-state index contributed by atoms with van der Waals surface area (Å²) >= 11 is 1.58. The fourth-order valence-corrected chi connectivity index (χ4v) is 4.06. The smallest absolute Gasteiger partial charge is 0.195 e. The summed E-state index contributed by atoms with van der Waals surface area (Å²) in [6.45, 7) is 6.61. The molecule has 0 saturated carbocycles. The van der Waals surface area contributed by atoms with E-state index in [0.717, 1.165) is 4.88 Å². The zero-order chi connectivity index (χ0) is 13.1. The Hall–Kier alpha value is -0.430. The van der Waals surface area contributed by atoms with Crippen molar-refractivity contribution in [3.8, 4) is 0 Å². The average Bonchev–Trinajstić information content (AvgIpc) is 2.81. The lowest BCUT2D eigenvalue weighted by Crippen LogP contribution is -2.42. The van der Waals surface area contributed by atoms with Gasteiger partial charge in [0.25, 0.3) is 10.2 Å². The lowest BCUT2D eigenvalue weighted by molar-refractivity contribution is 0.342. The van der Waals surface area contributed by atoms with E-state index >= 15 is 0 Å². The summed E-state index contributed by atoms with van der Waals surface area (Å²) in [6.07, 6.45) is 0. The molecule has 0 N–H and O–H groups in total. The van der Waals surface area contributed by atoms with Crippen LogP contribution in [0.1, 0.15) is 31.7 Å². The monoisotopic (exact) mass is 276 g/mol. The maximum atomic E-state index is 12.3. The Morgan fingerprint density at radius 3 is 2.35 bits per heavy atom. The van der Waals surface area contributed by atoms with E-state index in [4.69, 9.17) is 0 Å². The van der Waals surface area contributed by atoms with Crippen molar-refractivity contribution < 1.29 is 8.42 Å². The first kappa shape index (κ1) is 14.6. The lowest BCUT2D eigenvalue weighted by atomic mass is 10.3. The van der Waals surface area contributed by atoms with Crippen LogP contribution in [0.3, 0.4) is 0 Å². The van der Waals surface area contributed by atoms with E-state index in [0.29, 0.717) is 13.1 Å². The first-order valence-corrected chi connectivity index (χ1v) is 7.99. The maximum Gasteiger partial charge on any atom is 0.282 e. The summed E-state index contributed by atoms with van der Waals surface area (Å²) in [6, 6.07) is 3.78. The number of nitrogens with zero attached hydrogens (tertiary/aromatic N) is 2. The van der Waals surface area contributed by atoms with E-state index in [2.05, 4.69) is 0 Å². The molecule has 0 unspecified atom stereocenters. The number of hydrogen-bond donors (Lipinski definition) is 0.